The molecular formula is C21H19ClN4O. The summed E-state index contributed by atoms with van der Waals surface area (Å²) in [6.45, 7) is 2.06. The summed E-state index contributed by atoms with van der Waals surface area (Å²) in [7, 11) is 3.55. The molecule has 0 saturated carbocycles. The van der Waals surface area contributed by atoms with E-state index in [1.807, 2.05) is 37.5 Å². The molecule has 0 bridgehead atoms. The number of pyridine rings is 2. The van der Waals surface area contributed by atoms with Crippen molar-refractivity contribution < 1.29 is 4.74 Å². The van der Waals surface area contributed by atoms with E-state index in [1.54, 1.807) is 24.2 Å². The first-order chi connectivity index (χ1) is 13.0. The lowest BCUT2D eigenvalue weighted by molar-refractivity contribution is 0.414. The summed E-state index contributed by atoms with van der Waals surface area (Å²) in [6, 6.07) is 10.1. The minimum atomic E-state index is 0.594. The Kier molecular flexibility index (Phi) is 4.54. The molecule has 4 rings (SSSR count). The van der Waals surface area contributed by atoms with Gasteiger partial charge in [-0.2, -0.15) is 5.10 Å². The molecule has 0 aliphatic carbocycles. The van der Waals surface area contributed by atoms with Gasteiger partial charge in [0.1, 0.15) is 11.3 Å². The molecule has 3 aromatic heterocycles. The highest BCUT2D eigenvalue weighted by molar-refractivity contribution is 6.37. The first-order valence-corrected chi connectivity index (χ1v) is 8.99. The smallest absolute Gasteiger partial charge is 0.119 e. The van der Waals surface area contributed by atoms with Crippen LogP contribution in [0.3, 0.4) is 0 Å². The van der Waals surface area contributed by atoms with Crippen molar-refractivity contribution in [1.82, 2.24) is 19.7 Å². The van der Waals surface area contributed by atoms with E-state index in [4.69, 9.17) is 21.3 Å². The molecule has 3 heterocycles. The summed E-state index contributed by atoms with van der Waals surface area (Å²) in [6.07, 6.45) is 6.16. The lowest BCUT2D eigenvalue weighted by atomic mass is 10.1. The SMILES string of the molecule is COc1cc(C)cc(Cc2ccc3ncc(-c4cnn(C)c4)c(Cl)c3n2)c1. The molecule has 0 amide bonds. The second-order valence-corrected chi connectivity index (χ2v) is 6.97. The summed E-state index contributed by atoms with van der Waals surface area (Å²) in [5.41, 5.74) is 6.47. The Morgan fingerprint density at radius 2 is 2.00 bits per heavy atom. The number of hydrogen-bond acceptors (Lipinski definition) is 4. The van der Waals surface area contributed by atoms with Crippen molar-refractivity contribution in [3.05, 3.63) is 70.8 Å². The Morgan fingerprint density at radius 3 is 2.74 bits per heavy atom. The van der Waals surface area contributed by atoms with Gasteiger partial charge in [-0.05, 0) is 42.3 Å². The third-order valence-electron chi connectivity index (χ3n) is 4.46. The van der Waals surface area contributed by atoms with E-state index < -0.39 is 0 Å². The maximum Gasteiger partial charge on any atom is 0.119 e. The average molecular weight is 379 g/mol. The van der Waals surface area contributed by atoms with Crippen LogP contribution in [0.2, 0.25) is 5.02 Å². The topological polar surface area (TPSA) is 52.8 Å². The van der Waals surface area contributed by atoms with Crippen molar-refractivity contribution >= 4 is 22.6 Å². The Bertz CT molecular complexity index is 1140. The quantitative estimate of drug-likeness (QED) is 0.521. The fourth-order valence-corrected chi connectivity index (χ4v) is 3.49. The molecule has 4 aromatic rings. The molecule has 0 atom stereocenters. The third kappa shape index (κ3) is 3.51. The minimum absolute atomic E-state index is 0.594. The van der Waals surface area contributed by atoms with Crippen molar-refractivity contribution in [2.45, 2.75) is 13.3 Å². The highest BCUT2D eigenvalue weighted by Gasteiger charge is 2.12. The Balaban J connectivity index is 1.75. The van der Waals surface area contributed by atoms with Crippen molar-refractivity contribution in [2.24, 2.45) is 7.05 Å². The van der Waals surface area contributed by atoms with Gasteiger partial charge in [-0.25, -0.2) is 4.98 Å². The van der Waals surface area contributed by atoms with Crippen LogP contribution in [0.25, 0.3) is 22.2 Å². The molecule has 0 aliphatic rings. The number of halogens is 1. The van der Waals surface area contributed by atoms with E-state index in [0.717, 1.165) is 39.2 Å². The van der Waals surface area contributed by atoms with Crippen molar-refractivity contribution in [2.75, 3.05) is 7.11 Å². The van der Waals surface area contributed by atoms with Gasteiger partial charge < -0.3 is 4.74 Å². The number of benzene rings is 1. The van der Waals surface area contributed by atoms with Crippen LogP contribution in [0, 0.1) is 6.92 Å². The van der Waals surface area contributed by atoms with E-state index in [0.29, 0.717) is 17.0 Å². The van der Waals surface area contributed by atoms with Crippen LogP contribution >= 0.6 is 11.6 Å². The number of rotatable bonds is 4. The molecule has 0 aliphatic heterocycles. The number of aromatic nitrogens is 4. The molecule has 6 heteroatoms. The molecule has 1 aromatic carbocycles. The Hall–Kier alpha value is -2.92. The summed E-state index contributed by atoms with van der Waals surface area (Å²) < 4.78 is 7.11. The van der Waals surface area contributed by atoms with Gasteiger partial charge in [0.25, 0.3) is 0 Å². The number of nitrogens with zero attached hydrogens (tertiary/aromatic N) is 4. The Morgan fingerprint density at radius 1 is 1.15 bits per heavy atom. The van der Waals surface area contributed by atoms with Crippen molar-refractivity contribution in [1.29, 1.82) is 0 Å². The van der Waals surface area contributed by atoms with Crippen LogP contribution in [0.5, 0.6) is 5.75 Å². The van der Waals surface area contributed by atoms with Gasteiger partial charge >= 0.3 is 0 Å². The molecule has 0 N–H and O–H groups in total. The van der Waals surface area contributed by atoms with Crippen LogP contribution in [-0.4, -0.2) is 26.9 Å². The number of methoxy groups -OCH3 is 1. The van der Waals surface area contributed by atoms with Crippen molar-refractivity contribution in [3.8, 4) is 16.9 Å². The Labute approximate surface area is 162 Å². The normalized spacial score (nSPS) is 11.1. The van der Waals surface area contributed by atoms with Crippen LogP contribution in [0.1, 0.15) is 16.8 Å². The minimum Gasteiger partial charge on any atom is -0.497 e. The summed E-state index contributed by atoms with van der Waals surface area (Å²) in [5.74, 6) is 0.851. The first-order valence-electron chi connectivity index (χ1n) is 8.61. The maximum absolute atomic E-state index is 6.67. The summed E-state index contributed by atoms with van der Waals surface area (Å²) >= 11 is 6.67. The molecule has 0 saturated heterocycles. The fraction of sp³-hybridized carbons (Fsp3) is 0.190. The predicted octanol–water partition coefficient (Wildman–Crippen LogP) is 4.59. The van der Waals surface area contributed by atoms with E-state index in [2.05, 4.69) is 23.1 Å². The van der Waals surface area contributed by atoms with E-state index in [-0.39, 0.29) is 0 Å². The molecule has 27 heavy (non-hydrogen) atoms. The average Bonchev–Trinajstić information content (AvgIpc) is 3.08. The van der Waals surface area contributed by atoms with Gasteiger partial charge in [0.2, 0.25) is 0 Å². The van der Waals surface area contributed by atoms with Crippen LogP contribution in [0.4, 0.5) is 0 Å². The van der Waals surface area contributed by atoms with Gasteiger partial charge in [0.15, 0.2) is 0 Å². The molecule has 0 spiro atoms. The zero-order valence-corrected chi connectivity index (χ0v) is 16.2. The second-order valence-electron chi connectivity index (χ2n) is 6.59. The second kappa shape index (κ2) is 7.00. The number of hydrogen-bond donors (Lipinski definition) is 0. The highest BCUT2D eigenvalue weighted by atomic mass is 35.5. The maximum atomic E-state index is 6.67. The van der Waals surface area contributed by atoms with Gasteiger partial charge in [-0.3, -0.25) is 9.67 Å². The largest absolute Gasteiger partial charge is 0.497 e. The molecule has 0 unspecified atom stereocenters. The summed E-state index contributed by atoms with van der Waals surface area (Å²) in [5, 5.41) is 4.80. The number of ether oxygens (including phenoxy) is 1. The fourth-order valence-electron chi connectivity index (χ4n) is 3.19. The van der Waals surface area contributed by atoms with Crippen LogP contribution in [-0.2, 0) is 13.5 Å². The molecule has 136 valence electrons. The molecule has 5 nitrogen and oxygen atoms in total. The zero-order chi connectivity index (χ0) is 19.0. The lowest BCUT2D eigenvalue weighted by Crippen LogP contribution is -1.96. The predicted molar refractivity (Wildman–Crippen MR) is 107 cm³/mol. The lowest BCUT2D eigenvalue weighted by Gasteiger charge is -2.09. The third-order valence-corrected chi connectivity index (χ3v) is 4.84. The van der Waals surface area contributed by atoms with E-state index in [9.17, 15) is 0 Å². The van der Waals surface area contributed by atoms with Crippen LogP contribution in [0.15, 0.2) is 48.9 Å². The van der Waals surface area contributed by atoms with E-state index in [1.165, 1.54) is 0 Å². The number of aryl methyl sites for hydroxylation is 2. The first kappa shape index (κ1) is 17.5. The highest BCUT2D eigenvalue weighted by Crippen LogP contribution is 2.32. The molecular weight excluding hydrogens is 360 g/mol. The van der Waals surface area contributed by atoms with Gasteiger partial charge in [0.05, 0.1) is 23.8 Å². The van der Waals surface area contributed by atoms with Gasteiger partial charge in [-0.15, -0.1) is 0 Å². The van der Waals surface area contributed by atoms with E-state index >= 15 is 0 Å². The monoisotopic (exact) mass is 378 g/mol. The zero-order valence-electron chi connectivity index (χ0n) is 15.4. The number of fused-ring (bicyclic) bond motifs is 1. The van der Waals surface area contributed by atoms with Crippen molar-refractivity contribution in [3.63, 3.8) is 0 Å². The molecule has 0 fully saturated rings. The van der Waals surface area contributed by atoms with Gasteiger partial charge in [-0.1, -0.05) is 17.7 Å². The van der Waals surface area contributed by atoms with Crippen LogP contribution < -0.4 is 4.74 Å². The summed E-state index contributed by atoms with van der Waals surface area (Å²) in [4.78, 5) is 9.30. The molecule has 0 radical (unpaired) electrons. The standard InChI is InChI=1S/C21H19ClN4O/c1-13-6-14(9-17(7-13)27-3)8-16-4-5-19-21(25-16)20(22)18(11-23-19)15-10-24-26(2)12-15/h4-7,9-12H,8H2,1-3H3. The van der Waals surface area contributed by atoms with Gasteiger partial charge in [0, 0.05) is 42.7 Å².